The lowest BCUT2D eigenvalue weighted by Crippen LogP contribution is -2.10. The molecule has 0 aliphatic heterocycles. The number of carbonyl (C=O) groups excluding carboxylic acids is 1. The highest BCUT2D eigenvalue weighted by molar-refractivity contribution is 5.93. The molecule has 4 heteroatoms. The molecule has 1 saturated carbocycles. The third kappa shape index (κ3) is 3.13. The van der Waals surface area contributed by atoms with E-state index in [0.717, 1.165) is 22.3 Å². The number of amides is 1. The molecule has 4 rings (SSSR count). The van der Waals surface area contributed by atoms with Gasteiger partial charge in [0, 0.05) is 23.1 Å². The summed E-state index contributed by atoms with van der Waals surface area (Å²) in [5.41, 5.74) is 11.2. The Labute approximate surface area is 146 Å². The van der Waals surface area contributed by atoms with Gasteiger partial charge in [-0.2, -0.15) is 0 Å². The van der Waals surface area contributed by atoms with Crippen LogP contribution in [0, 0.1) is 0 Å². The van der Waals surface area contributed by atoms with Gasteiger partial charge < -0.3 is 10.8 Å². The molecule has 1 aliphatic carbocycles. The number of hydrogen-bond donors (Lipinski definition) is 2. The second kappa shape index (κ2) is 6.30. The van der Waals surface area contributed by atoms with Crippen molar-refractivity contribution in [2.75, 3.05) is 6.61 Å². The zero-order valence-electron chi connectivity index (χ0n) is 13.9. The number of fused-ring (bicyclic) bond motifs is 1. The predicted octanol–water partition coefficient (Wildman–Crippen LogP) is 3.41. The van der Waals surface area contributed by atoms with Crippen molar-refractivity contribution in [1.29, 1.82) is 0 Å². The minimum absolute atomic E-state index is 0.155. The van der Waals surface area contributed by atoms with Crippen molar-refractivity contribution >= 4 is 16.8 Å². The van der Waals surface area contributed by atoms with Crippen LogP contribution in [0.5, 0.6) is 0 Å². The number of hydrogen-bond acceptors (Lipinski definition) is 3. The molecular weight excluding hydrogens is 312 g/mol. The van der Waals surface area contributed by atoms with E-state index >= 15 is 0 Å². The Morgan fingerprint density at radius 3 is 2.52 bits per heavy atom. The normalized spacial score (nSPS) is 14.0. The average molecular weight is 332 g/mol. The first-order valence-corrected chi connectivity index (χ1v) is 8.60. The molecule has 0 saturated heterocycles. The lowest BCUT2D eigenvalue weighted by Gasteiger charge is -2.11. The highest BCUT2D eigenvalue weighted by atomic mass is 16.2. The molecule has 0 unspecified atom stereocenters. The molecule has 1 aliphatic rings. The first-order chi connectivity index (χ1) is 12.2. The summed E-state index contributed by atoms with van der Waals surface area (Å²) in [4.78, 5) is 16.1. The highest BCUT2D eigenvalue weighted by Crippen LogP contribution is 2.44. The van der Waals surface area contributed by atoms with Crippen LogP contribution < -0.4 is 5.73 Å². The van der Waals surface area contributed by atoms with Gasteiger partial charge in [-0.05, 0) is 66.6 Å². The molecular formula is C21H20N2O2. The fraction of sp³-hybridized carbons (Fsp3) is 0.238. The van der Waals surface area contributed by atoms with Crippen LogP contribution in [0.25, 0.3) is 22.2 Å². The zero-order valence-corrected chi connectivity index (χ0v) is 13.9. The first kappa shape index (κ1) is 15.8. The van der Waals surface area contributed by atoms with E-state index in [9.17, 15) is 9.90 Å². The molecule has 4 nitrogen and oxygen atoms in total. The Balaban J connectivity index is 1.82. The van der Waals surface area contributed by atoms with Crippen LogP contribution in [0.15, 0.2) is 48.5 Å². The summed E-state index contributed by atoms with van der Waals surface area (Å²) >= 11 is 0. The Bertz CT molecular complexity index is 944. The van der Waals surface area contributed by atoms with Crippen molar-refractivity contribution in [3.63, 3.8) is 0 Å². The summed E-state index contributed by atoms with van der Waals surface area (Å²) in [5, 5.41) is 10.4. The van der Waals surface area contributed by atoms with Crippen LogP contribution >= 0.6 is 0 Å². The number of pyridine rings is 1. The number of nitrogens with two attached hydrogens (primary N) is 1. The van der Waals surface area contributed by atoms with E-state index < -0.39 is 5.91 Å². The van der Waals surface area contributed by atoms with Crippen LogP contribution in [0.3, 0.4) is 0 Å². The Hall–Kier alpha value is -2.72. The van der Waals surface area contributed by atoms with Crippen LogP contribution in [0.2, 0.25) is 0 Å². The van der Waals surface area contributed by atoms with Crippen molar-refractivity contribution in [2.24, 2.45) is 5.73 Å². The molecule has 3 aromatic rings. The molecule has 0 atom stereocenters. The molecule has 1 amide bonds. The summed E-state index contributed by atoms with van der Waals surface area (Å²) in [5.74, 6) is 0.173. The number of aliphatic hydroxyl groups is 1. The predicted molar refractivity (Wildman–Crippen MR) is 98.5 cm³/mol. The molecule has 126 valence electrons. The molecule has 0 spiro atoms. The van der Waals surface area contributed by atoms with Crippen LogP contribution in [0.1, 0.15) is 40.2 Å². The van der Waals surface area contributed by atoms with Crippen molar-refractivity contribution in [3.05, 3.63) is 65.2 Å². The second-order valence-electron chi connectivity index (χ2n) is 6.64. The number of rotatable bonds is 5. The van der Waals surface area contributed by atoms with E-state index in [1.807, 2.05) is 24.3 Å². The molecule has 25 heavy (non-hydrogen) atoms. The van der Waals surface area contributed by atoms with E-state index in [1.165, 1.54) is 23.8 Å². The zero-order chi connectivity index (χ0) is 17.4. The van der Waals surface area contributed by atoms with Crippen LogP contribution in [-0.2, 0) is 6.42 Å². The van der Waals surface area contributed by atoms with Gasteiger partial charge in [0.15, 0.2) is 0 Å². The number of primary amides is 1. The molecule has 0 radical (unpaired) electrons. The summed E-state index contributed by atoms with van der Waals surface area (Å²) < 4.78 is 0. The standard InChI is InChI=1S/C21H20N2O2/c22-21(25)16-6-4-15(5-7-16)20-12-17(14-2-3-14)18-11-13(9-10-24)1-8-19(18)23-20/h1,4-8,11-12,14,24H,2-3,9-10H2,(H2,22,25). The summed E-state index contributed by atoms with van der Waals surface area (Å²) in [7, 11) is 0. The van der Waals surface area contributed by atoms with Gasteiger partial charge in [-0.1, -0.05) is 18.2 Å². The molecule has 1 aromatic heterocycles. The maximum atomic E-state index is 11.2. The van der Waals surface area contributed by atoms with E-state index in [4.69, 9.17) is 10.7 Å². The Morgan fingerprint density at radius 2 is 1.88 bits per heavy atom. The van der Waals surface area contributed by atoms with Gasteiger partial charge in [-0.25, -0.2) is 4.98 Å². The number of nitrogens with zero attached hydrogens (tertiary/aromatic N) is 1. The summed E-state index contributed by atoms with van der Waals surface area (Å²) in [6.45, 7) is 0.155. The lowest BCUT2D eigenvalue weighted by molar-refractivity contribution is 0.100. The minimum atomic E-state index is -0.423. The number of carbonyl (C=O) groups is 1. The molecule has 3 N–H and O–H groups in total. The van der Waals surface area contributed by atoms with Gasteiger partial charge in [0.05, 0.1) is 11.2 Å². The number of aromatic nitrogens is 1. The van der Waals surface area contributed by atoms with Gasteiger partial charge in [0.2, 0.25) is 5.91 Å². The van der Waals surface area contributed by atoms with Gasteiger partial charge in [-0.15, -0.1) is 0 Å². The van der Waals surface area contributed by atoms with Crippen molar-refractivity contribution in [1.82, 2.24) is 4.98 Å². The highest BCUT2D eigenvalue weighted by Gasteiger charge is 2.26. The average Bonchev–Trinajstić information content (AvgIpc) is 3.46. The monoisotopic (exact) mass is 332 g/mol. The van der Waals surface area contributed by atoms with Gasteiger partial charge in [-0.3, -0.25) is 4.79 Å². The summed E-state index contributed by atoms with van der Waals surface area (Å²) in [6.07, 6.45) is 3.09. The Kier molecular flexibility index (Phi) is 3.98. The molecule has 1 fully saturated rings. The first-order valence-electron chi connectivity index (χ1n) is 8.60. The SMILES string of the molecule is NC(=O)c1ccc(-c2cc(C3CC3)c3cc(CCO)ccc3n2)cc1. The molecule has 1 heterocycles. The maximum Gasteiger partial charge on any atom is 0.248 e. The van der Waals surface area contributed by atoms with Gasteiger partial charge >= 0.3 is 0 Å². The van der Waals surface area contributed by atoms with E-state index in [2.05, 4.69) is 12.1 Å². The molecule has 0 bridgehead atoms. The van der Waals surface area contributed by atoms with Crippen LogP contribution in [-0.4, -0.2) is 22.6 Å². The van der Waals surface area contributed by atoms with Crippen LogP contribution in [0.4, 0.5) is 0 Å². The minimum Gasteiger partial charge on any atom is -0.396 e. The second-order valence-corrected chi connectivity index (χ2v) is 6.64. The van der Waals surface area contributed by atoms with Crippen molar-refractivity contribution < 1.29 is 9.90 Å². The topological polar surface area (TPSA) is 76.2 Å². The third-order valence-electron chi connectivity index (χ3n) is 4.79. The lowest BCUT2D eigenvalue weighted by atomic mass is 9.98. The Morgan fingerprint density at radius 1 is 1.12 bits per heavy atom. The number of aliphatic hydroxyl groups excluding tert-OH is 1. The van der Waals surface area contributed by atoms with E-state index in [0.29, 0.717) is 17.9 Å². The number of benzene rings is 2. The summed E-state index contributed by atoms with van der Waals surface area (Å²) in [6, 6.07) is 15.7. The fourth-order valence-electron chi connectivity index (χ4n) is 3.27. The maximum absolute atomic E-state index is 11.2. The van der Waals surface area contributed by atoms with Crippen molar-refractivity contribution in [2.45, 2.75) is 25.2 Å². The van der Waals surface area contributed by atoms with Gasteiger partial charge in [0.25, 0.3) is 0 Å². The van der Waals surface area contributed by atoms with E-state index in [-0.39, 0.29) is 6.61 Å². The van der Waals surface area contributed by atoms with Crippen molar-refractivity contribution in [3.8, 4) is 11.3 Å². The quantitative estimate of drug-likeness (QED) is 0.752. The smallest absolute Gasteiger partial charge is 0.248 e. The van der Waals surface area contributed by atoms with E-state index in [1.54, 1.807) is 12.1 Å². The third-order valence-corrected chi connectivity index (χ3v) is 4.79. The van der Waals surface area contributed by atoms with Gasteiger partial charge in [0.1, 0.15) is 0 Å². The largest absolute Gasteiger partial charge is 0.396 e. The fourth-order valence-corrected chi connectivity index (χ4v) is 3.27. The molecule has 2 aromatic carbocycles.